The summed E-state index contributed by atoms with van der Waals surface area (Å²) in [7, 11) is 0. The van der Waals surface area contributed by atoms with E-state index >= 15 is 0 Å². The Hall–Kier alpha value is -1.63. The van der Waals surface area contributed by atoms with Crippen molar-refractivity contribution in [2.45, 2.75) is 33.1 Å². The molecule has 0 fully saturated rings. The molecular formula is C17H19F. The summed E-state index contributed by atoms with van der Waals surface area (Å²) in [5, 5.41) is 0. The summed E-state index contributed by atoms with van der Waals surface area (Å²) in [6, 6.07) is 13.2. The lowest BCUT2D eigenvalue weighted by atomic mass is 9.91. The predicted molar refractivity (Wildman–Crippen MR) is 74.5 cm³/mol. The highest BCUT2D eigenvalue weighted by Gasteiger charge is 2.07. The molecule has 18 heavy (non-hydrogen) atoms. The molecule has 0 atom stereocenters. The van der Waals surface area contributed by atoms with Gasteiger partial charge in [0, 0.05) is 0 Å². The van der Waals surface area contributed by atoms with Gasteiger partial charge in [0.15, 0.2) is 0 Å². The lowest BCUT2D eigenvalue weighted by molar-refractivity contribution is 0.627. The second kappa shape index (κ2) is 5.34. The second-order valence-electron chi connectivity index (χ2n) is 5.09. The molecule has 0 radical (unpaired) electrons. The van der Waals surface area contributed by atoms with Crippen LogP contribution in [0.2, 0.25) is 0 Å². The molecule has 0 amide bonds. The van der Waals surface area contributed by atoms with Crippen molar-refractivity contribution in [3.63, 3.8) is 0 Å². The van der Waals surface area contributed by atoms with Crippen molar-refractivity contribution in [2.24, 2.45) is 0 Å². The Morgan fingerprint density at radius 1 is 1.00 bits per heavy atom. The van der Waals surface area contributed by atoms with Crippen molar-refractivity contribution in [1.82, 2.24) is 0 Å². The second-order valence-corrected chi connectivity index (χ2v) is 5.09. The van der Waals surface area contributed by atoms with Crippen LogP contribution in [0.5, 0.6) is 0 Å². The van der Waals surface area contributed by atoms with Gasteiger partial charge in [0.2, 0.25) is 0 Å². The zero-order chi connectivity index (χ0) is 13.1. The van der Waals surface area contributed by atoms with Gasteiger partial charge < -0.3 is 0 Å². The van der Waals surface area contributed by atoms with Crippen LogP contribution in [0.1, 0.15) is 42.0 Å². The Balaban J connectivity index is 2.29. The van der Waals surface area contributed by atoms with E-state index in [9.17, 15) is 4.39 Å². The number of benzene rings is 2. The van der Waals surface area contributed by atoms with Crippen LogP contribution in [0, 0.1) is 12.7 Å². The average molecular weight is 242 g/mol. The van der Waals surface area contributed by atoms with Crippen LogP contribution in [0.15, 0.2) is 42.5 Å². The molecule has 0 saturated heterocycles. The molecule has 0 heterocycles. The number of halogens is 1. The van der Waals surface area contributed by atoms with Gasteiger partial charge in [-0.3, -0.25) is 0 Å². The van der Waals surface area contributed by atoms with Crippen molar-refractivity contribution >= 4 is 0 Å². The standard InChI is InChI=1S/C17H19F/c1-12(2)17-6-4-5-15(13(17)3)11-14-7-9-16(18)10-8-14/h4-10,12H,11H2,1-3H3. The summed E-state index contributed by atoms with van der Waals surface area (Å²) in [4.78, 5) is 0. The number of hydrogen-bond acceptors (Lipinski definition) is 0. The summed E-state index contributed by atoms with van der Waals surface area (Å²) in [5.41, 5.74) is 5.24. The van der Waals surface area contributed by atoms with Gasteiger partial charge in [-0.15, -0.1) is 0 Å². The molecule has 0 nitrogen and oxygen atoms in total. The lowest BCUT2D eigenvalue weighted by Crippen LogP contribution is -1.98. The van der Waals surface area contributed by atoms with Crippen molar-refractivity contribution in [2.75, 3.05) is 0 Å². The maximum atomic E-state index is 12.9. The molecule has 0 aliphatic heterocycles. The molecule has 2 aromatic rings. The zero-order valence-corrected chi connectivity index (χ0v) is 11.2. The van der Waals surface area contributed by atoms with Crippen molar-refractivity contribution in [3.8, 4) is 0 Å². The van der Waals surface area contributed by atoms with E-state index in [1.54, 1.807) is 0 Å². The quantitative estimate of drug-likeness (QED) is 0.722. The Bertz CT molecular complexity index is 524. The average Bonchev–Trinajstić information content (AvgIpc) is 2.34. The van der Waals surface area contributed by atoms with Gasteiger partial charge >= 0.3 is 0 Å². The molecule has 0 unspecified atom stereocenters. The highest BCUT2D eigenvalue weighted by atomic mass is 19.1. The minimum Gasteiger partial charge on any atom is -0.207 e. The fourth-order valence-corrected chi connectivity index (χ4v) is 2.34. The first-order chi connectivity index (χ1) is 8.58. The monoisotopic (exact) mass is 242 g/mol. The van der Waals surface area contributed by atoms with Crippen LogP contribution in [0.4, 0.5) is 4.39 Å². The first-order valence-electron chi connectivity index (χ1n) is 6.40. The minimum absolute atomic E-state index is 0.175. The lowest BCUT2D eigenvalue weighted by Gasteiger charge is -2.14. The van der Waals surface area contributed by atoms with Gasteiger partial charge in [0.05, 0.1) is 0 Å². The first kappa shape index (κ1) is 12.8. The first-order valence-corrected chi connectivity index (χ1v) is 6.40. The summed E-state index contributed by atoms with van der Waals surface area (Å²) < 4.78 is 12.9. The van der Waals surface area contributed by atoms with Crippen LogP contribution >= 0.6 is 0 Å². The van der Waals surface area contributed by atoms with Gasteiger partial charge in [0.25, 0.3) is 0 Å². The highest BCUT2D eigenvalue weighted by Crippen LogP contribution is 2.23. The van der Waals surface area contributed by atoms with Crippen LogP contribution < -0.4 is 0 Å². The molecule has 94 valence electrons. The third-order valence-corrected chi connectivity index (χ3v) is 3.42. The van der Waals surface area contributed by atoms with Crippen molar-refractivity contribution < 1.29 is 4.39 Å². The Morgan fingerprint density at radius 3 is 2.28 bits per heavy atom. The minimum atomic E-state index is -0.175. The third kappa shape index (κ3) is 2.79. The topological polar surface area (TPSA) is 0 Å². The predicted octanol–water partition coefficient (Wildman–Crippen LogP) is 4.85. The summed E-state index contributed by atoms with van der Waals surface area (Å²) >= 11 is 0. The molecule has 0 bridgehead atoms. The van der Waals surface area contributed by atoms with E-state index < -0.39 is 0 Å². The van der Waals surface area contributed by atoms with E-state index in [0.717, 1.165) is 12.0 Å². The Labute approximate surface area is 108 Å². The highest BCUT2D eigenvalue weighted by molar-refractivity contribution is 5.39. The van der Waals surface area contributed by atoms with E-state index in [-0.39, 0.29) is 5.82 Å². The fraction of sp³-hybridized carbons (Fsp3) is 0.294. The summed E-state index contributed by atoms with van der Waals surface area (Å²) in [5.74, 6) is 0.365. The molecule has 0 spiro atoms. The fourth-order valence-electron chi connectivity index (χ4n) is 2.34. The normalized spacial score (nSPS) is 10.9. The smallest absolute Gasteiger partial charge is 0.123 e. The molecule has 0 aliphatic rings. The molecule has 2 rings (SSSR count). The Morgan fingerprint density at radius 2 is 1.67 bits per heavy atom. The van der Waals surface area contributed by atoms with Gasteiger partial charge in [-0.1, -0.05) is 44.2 Å². The molecule has 0 saturated carbocycles. The third-order valence-electron chi connectivity index (χ3n) is 3.42. The van der Waals surface area contributed by atoms with E-state index in [2.05, 4.69) is 39.0 Å². The van der Waals surface area contributed by atoms with Gasteiger partial charge in [-0.2, -0.15) is 0 Å². The van der Waals surface area contributed by atoms with Gasteiger partial charge in [-0.25, -0.2) is 4.39 Å². The zero-order valence-electron chi connectivity index (χ0n) is 11.2. The SMILES string of the molecule is Cc1c(Cc2ccc(F)cc2)cccc1C(C)C. The van der Waals surface area contributed by atoms with Crippen molar-refractivity contribution in [3.05, 3.63) is 70.5 Å². The molecule has 0 N–H and O–H groups in total. The van der Waals surface area contributed by atoms with Crippen LogP contribution in [-0.4, -0.2) is 0 Å². The van der Waals surface area contributed by atoms with Crippen LogP contribution in [-0.2, 0) is 6.42 Å². The van der Waals surface area contributed by atoms with Gasteiger partial charge in [-0.05, 0) is 53.6 Å². The number of rotatable bonds is 3. The molecular weight excluding hydrogens is 223 g/mol. The van der Waals surface area contributed by atoms with Crippen LogP contribution in [0.25, 0.3) is 0 Å². The number of hydrogen-bond donors (Lipinski definition) is 0. The van der Waals surface area contributed by atoms with E-state index in [4.69, 9.17) is 0 Å². The van der Waals surface area contributed by atoms with E-state index in [0.29, 0.717) is 5.92 Å². The molecule has 1 heteroatoms. The molecule has 0 aliphatic carbocycles. The molecule has 0 aromatic heterocycles. The Kier molecular flexibility index (Phi) is 3.81. The van der Waals surface area contributed by atoms with Crippen molar-refractivity contribution in [1.29, 1.82) is 0 Å². The maximum absolute atomic E-state index is 12.9. The largest absolute Gasteiger partial charge is 0.207 e. The van der Waals surface area contributed by atoms with Gasteiger partial charge in [0.1, 0.15) is 5.82 Å². The molecule has 2 aromatic carbocycles. The summed E-state index contributed by atoms with van der Waals surface area (Å²) in [6.45, 7) is 6.60. The maximum Gasteiger partial charge on any atom is 0.123 e. The van der Waals surface area contributed by atoms with Crippen LogP contribution in [0.3, 0.4) is 0 Å². The van der Waals surface area contributed by atoms with E-state index in [1.165, 1.54) is 28.8 Å². The van der Waals surface area contributed by atoms with E-state index in [1.807, 2.05) is 12.1 Å². The summed E-state index contributed by atoms with van der Waals surface area (Å²) in [6.07, 6.45) is 0.868.